The zero-order valence-electron chi connectivity index (χ0n) is 13.7. The number of aliphatic hydroxyl groups is 2. The molecule has 1 aliphatic heterocycles. The van der Waals surface area contributed by atoms with E-state index in [0.29, 0.717) is 0 Å². The third-order valence-electron chi connectivity index (χ3n) is 3.06. The molecule has 9 N–H and O–H groups in total. The summed E-state index contributed by atoms with van der Waals surface area (Å²) in [6.45, 7) is 0. The molecular weight excluding hydrogens is 469 g/mol. The van der Waals surface area contributed by atoms with Gasteiger partial charge in [-0.25, -0.2) is 18.5 Å². The molecule has 1 fully saturated rings. The van der Waals surface area contributed by atoms with Crippen LogP contribution in [0.15, 0.2) is 17.1 Å². The highest BCUT2D eigenvalue weighted by atomic mass is 31.3. The van der Waals surface area contributed by atoms with Gasteiger partial charge in [-0.05, 0) is 6.07 Å². The van der Waals surface area contributed by atoms with Crippen LogP contribution in [0.4, 0.5) is 5.82 Å². The lowest BCUT2D eigenvalue weighted by atomic mass is 10.2. The Morgan fingerprint density at radius 1 is 1.10 bits per heavy atom. The molecule has 1 saturated heterocycles. The van der Waals surface area contributed by atoms with E-state index >= 15 is 0 Å². The Bertz CT molecular complexity index is 947. The second-order valence-corrected chi connectivity index (χ2v) is 9.62. The SMILES string of the molecule is Nc1ccn([C@@H]2O[C@H](NOP(=O)(O)OP(=O)(O)OP(=O)(O)O)[C@@H](O)[C@H]2O)c(=O)n1. The molecule has 6 atom stereocenters. The van der Waals surface area contributed by atoms with Crippen molar-refractivity contribution < 1.29 is 61.5 Å². The minimum atomic E-state index is -5.75. The standard InChI is InChI=1S/C8H15N4O14P3/c9-3-1-2-12(8(15)10-3)7-5(14)4(13)6(23-7)11-24-28(19,20)26-29(21,22)25-27(16,17)18/h1-2,4-7,11,13-14H,(H,19,20)(H,21,22)(H2,9,10,15)(H2,16,17,18)/t4-,5+,6-,7+/m0/s1. The van der Waals surface area contributed by atoms with Gasteiger partial charge in [0.05, 0.1) is 0 Å². The van der Waals surface area contributed by atoms with Gasteiger partial charge >= 0.3 is 29.2 Å². The van der Waals surface area contributed by atoms with E-state index in [2.05, 4.69) is 18.2 Å². The molecule has 1 aromatic heterocycles. The summed E-state index contributed by atoms with van der Waals surface area (Å²) in [6, 6.07) is 1.18. The molecule has 18 nitrogen and oxygen atoms in total. The van der Waals surface area contributed by atoms with E-state index in [1.54, 1.807) is 5.48 Å². The predicted molar refractivity (Wildman–Crippen MR) is 86.9 cm³/mol. The number of rotatable bonds is 8. The topological polar surface area (TPSA) is 282 Å². The minimum absolute atomic E-state index is 0.137. The highest BCUT2D eigenvalue weighted by molar-refractivity contribution is 7.66. The maximum absolute atomic E-state index is 11.8. The lowest BCUT2D eigenvalue weighted by Gasteiger charge is -2.19. The van der Waals surface area contributed by atoms with Crippen molar-refractivity contribution in [1.82, 2.24) is 15.0 Å². The van der Waals surface area contributed by atoms with Gasteiger partial charge in [-0.2, -0.15) is 23.7 Å². The zero-order valence-corrected chi connectivity index (χ0v) is 16.4. The van der Waals surface area contributed by atoms with Crippen molar-refractivity contribution >= 4 is 29.3 Å². The quantitative estimate of drug-likeness (QED) is 0.137. The number of hydrogen-bond donors (Lipinski definition) is 8. The van der Waals surface area contributed by atoms with Crippen LogP contribution in [0.3, 0.4) is 0 Å². The van der Waals surface area contributed by atoms with Crippen molar-refractivity contribution in [3.63, 3.8) is 0 Å². The lowest BCUT2D eigenvalue weighted by molar-refractivity contribution is -0.0941. The van der Waals surface area contributed by atoms with Crippen molar-refractivity contribution in [2.24, 2.45) is 0 Å². The highest BCUT2D eigenvalue weighted by Gasteiger charge is 2.47. The molecule has 0 aromatic carbocycles. The molecule has 0 amide bonds. The van der Waals surface area contributed by atoms with Gasteiger partial charge in [0.25, 0.3) is 0 Å². The van der Waals surface area contributed by atoms with Gasteiger partial charge in [0.1, 0.15) is 18.0 Å². The van der Waals surface area contributed by atoms with Crippen LogP contribution in [0.25, 0.3) is 0 Å². The van der Waals surface area contributed by atoms with Crippen LogP contribution in [-0.2, 0) is 31.7 Å². The molecule has 1 aliphatic rings. The first-order valence-electron chi connectivity index (χ1n) is 7.04. The molecule has 0 saturated carbocycles. The molecule has 166 valence electrons. The summed E-state index contributed by atoms with van der Waals surface area (Å²) in [7, 11) is -16.9. The number of nitrogens with two attached hydrogens (primary N) is 1. The van der Waals surface area contributed by atoms with E-state index in [1.807, 2.05) is 0 Å². The van der Waals surface area contributed by atoms with Crippen LogP contribution in [0.1, 0.15) is 6.23 Å². The van der Waals surface area contributed by atoms with Gasteiger partial charge in [-0.15, -0.1) is 0 Å². The van der Waals surface area contributed by atoms with Gasteiger partial charge in [-0.1, -0.05) is 0 Å². The van der Waals surface area contributed by atoms with Crippen LogP contribution in [0.2, 0.25) is 0 Å². The summed E-state index contributed by atoms with van der Waals surface area (Å²) in [6.07, 6.45) is -5.90. The molecule has 29 heavy (non-hydrogen) atoms. The zero-order chi connectivity index (χ0) is 22.2. The normalized spacial score (nSPS) is 29.3. The van der Waals surface area contributed by atoms with E-state index in [4.69, 9.17) is 25.2 Å². The fourth-order valence-corrected chi connectivity index (χ4v) is 4.90. The number of aromatic nitrogens is 2. The number of nitrogens with one attached hydrogen (secondary N) is 1. The average Bonchev–Trinajstić information content (AvgIpc) is 2.78. The predicted octanol–water partition coefficient (Wildman–Crippen LogP) is -2.75. The van der Waals surface area contributed by atoms with E-state index in [-0.39, 0.29) is 5.82 Å². The first kappa shape index (κ1) is 24.2. The van der Waals surface area contributed by atoms with Crippen LogP contribution in [0, 0.1) is 0 Å². The fourth-order valence-electron chi connectivity index (χ4n) is 2.02. The van der Waals surface area contributed by atoms with Gasteiger partial charge in [0.15, 0.2) is 12.5 Å². The number of hydrogen-bond acceptors (Lipinski definition) is 13. The third kappa shape index (κ3) is 6.71. The highest BCUT2D eigenvalue weighted by Crippen LogP contribution is 2.66. The number of nitrogen functional groups attached to an aromatic ring is 1. The largest absolute Gasteiger partial charge is 0.497 e. The summed E-state index contributed by atoms with van der Waals surface area (Å²) in [5, 5.41) is 19.9. The summed E-state index contributed by atoms with van der Waals surface area (Å²) in [5.41, 5.74) is 5.96. The van der Waals surface area contributed by atoms with Crippen molar-refractivity contribution in [2.45, 2.75) is 24.7 Å². The Balaban J connectivity index is 2.05. The lowest BCUT2D eigenvalue weighted by Crippen LogP contribution is -2.40. The molecule has 0 spiro atoms. The maximum atomic E-state index is 11.8. The first-order chi connectivity index (χ1) is 13.1. The average molecular weight is 484 g/mol. The number of aliphatic hydroxyl groups excluding tert-OH is 2. The maximum Gasteiger partial charge on any atom is 0.497 e. The molecule has 1 aromatic rings. The number of phosphoric acid groups is 3. The monoisotopic (exact) mass is 484 g/mol. The third-order valence-corrected chi connectivity index (χ3v) is 6.73. The van der Waals surface area contributed by atoms with Gasteiger partial charge in [0, 0.05) is 6.20 Å². The van der Waals surface area contributed by atoms with E-state index in [1.165, 1.54) is 6.07 Å². The van der Waals surface area contributed by atoms with Gasteiger partial charge in [-0.3, -0.25) is 4.57 Å². The molecule has 0 radical (unpaired) electrons. The molecule has 2 unspecified atom stereocenters. The Kier molecular flexibility index (Phi) is 7.16. The van der Waals surface area contributed by atoms with Crippen LogP contribution in [-0.4, -0.2) is 57.8 Å². The Hall–Kier alpha value is -1.07. The molecular formula is C8H15N4O14P3. The van der Waals surface area contributed by atoms with Crippen molar-refractivity contribution in [1.29, 1.82) is 0 Å². The van der Waals surface area contributed by atoms with E-state index < -0.39 is 53.8 Å². The number of hydroxylamine groups is 1. The molecule has 2 rings (SSSR count). The molecule has 0 aliphatic carbocycles. The van der Waals surface area contributed by atoms with Crippen LogP contribution >= 0.6 is 23.5 Å². The minimum Gasteiger partial charge on any atom is -0.386 e. The molecule has 0 bridgehead atoms. The summed E-state index contributed by atoms with van der Waals surface area (Å²) in [4.78, 5) is 50.3. The Morgan fingerprint density at radius 3 is 2.28 bits per heavy atom. The van der Waals surface area contributed by atoms with Crippen molar-refractivity contribution in [3.8, 4) is 0 Å². The summed E-state index contributed by atoms with van der Waals surface area (Å²) >= 11 is 0. The Morgan fingerprint density at radius 2 is 1.72 bits per heavy atom. The summed E-state index contributed by atoms with van der Waals surface area (Å²) in [5.74, 6) is -0.137. The Labute approximate surface area is 159 Å². The van der Waals surface area contributed by atoms with Crippen LogP contribution < -0.4 is 16.9 Å². The summed E-state index contributed by atoms with van der Waals surface area (Å²) < 4.78 is 50.2. The van der Waals surface area contributed by atoms with Gasteiger partial charge < -0.3 is 40.3 Å². The molecule has 2 heterocycles. The van der Waals surface area contributed by atoms with Crippen molar-refractivity contribution in [2.75, 3.05) is 5.73 Å². The number of anilines is 1. The fraction of sp³-hybridized carbons (Fsp3) is 0.500. The second-order valence-electron chi connectivity index (χ2n) is 5.27. The van der Waals surface area contributed by atoms with E-state index in [0.717, 1.165) is 10.8 Å². The van der Waals surface area contributed by atoms with Gasteiger partial charge in [0.2, 0.25) is 0 Å². The van der Waals surface area contributed by atoms with Crippen LogP contribution in [0.5, 0.6) is 0 Å². The molecule has 21 heteroatoms. The first-order valence-corrected chi connectivity index (χ1v) is 11.6. The van der Waals surface area contributed by atoms with Crippen molar-refractivity contribution in [3.05, 3.63) is 22.7 Å². The number of ether oxygens (including phenoxy) is 1. The smallest absolute Gasteiger partial charge is 0.386 e. The number of nitrogens with zero attached hydrogens (tertiary/aromatic N) is 2. The second kappa shape index (κ2) is 8.58. The van der Waals surface area contributed by atoms with E-state index in [9.17, 15) is 33.6 Å².